The Morgan fingerprint density at radius 3 is 2.94 bits per heavy atom. The molecule has 1 heterocycles. The molecule has 0 saturated carbocycles. The Hall–Kier alpha value is -1.55. The molecule has 4 nitrogen and oxygen atoms in total. The molecule has 1 aliphatic rings. The maximum Gasteiger partial charge on any atom is 0.334 e. The van der Waals surface area contributed by atoms with E-state index in [-0.39, 0.29) is 0 Å². The average Bonchev–Trinajstić information content (AvgIpc) is 2.77. The lowest BCUT2D eigenvalue weighted by atomic mass is 10.0. The Balaban J connectivity index is 2.28. The van der Waals surface area contributed by atoms with Gasteiger partial charge in [0.2, 0.25) is 0 Å². The molecule has 0 N–H and O–H groups in total. The van der Waals surface area contributed by atoms with Crippen LogP contribution >= 0.6 is 11.6 Å². The molecule has 84 valence electrons. The molecule has 0 bridgehead atoms. The van der Waals surface area contributed by atoms with Crippen LogP contribution in [0.25, 0.3) is 0 Å². The number of nitrogens with zero attached hydrogens (tertiary/aromatic N) is 1. The summed E-state index contributed by atoms with van der Waals surface area (Å²) in [6, 6.07) is 6.52. The van der Waals surface area contributed by atoms with Crippen molar-refractivity contribution in [3.8, 4) is 0 Å². The van der Waals surface area contributed by atoms with Crippen LogP contribution in [-0.2, 0) is 14.3 Å². The van der Waals surface area contributed by atoms with E-state index in [1.807, 2.05) is 12.1 Å². The van der Waals surface area contributed by atoms with Crippen molar-refractivity contribution in [1.82, 2.24) is 0 Å². The summed E-state index contributed by atoms with van der Waals surface area (Å²) in [6.07, 6.45) is 0.761. The number of hydrogen-bond donors (Lipinski definition) is 0. The van der Waals surface area contributed by atoms with Gasteiger partial charge in [-0.1, -0.05) is 29.8 Å². The van der Waals surface area contributed by atoms with Crippen molar-refractivity contribution in [2.45, 2.75) is 12.1 Å². The largest absolute Gasteiger partial charge is 0.473 e. The Morgan fingerprint density at radius 2 is 2.25 bits per heavy atom. The summed E-state index contributed by atoms with van der Waals surface area (Å²) in [5.74, 6) is -0.432. The molecule has 0 amide bonds. The van der Waals surface area contributed by atoms with Crippen LogP contribution in [0.4, 0.5) is 0 Å². The molecule has 0 spiro atoms. The van der Waals surface area contributed by atoms with Crippen molar-refractivity contribution < 1.29 is 14.3 Å². The molecular formula is C11H10ClNO3. The minimum Gasteiger partial charge on any atom is -0.473 e. The molecule has 0 unspecified atom stereocenters. The molecule has 1 aromatic rings. The van der Waals surface area contributed by atoms with E-state index in [1.165, 1.54) is 13.5 Å². The number of benzene rings is 1. The van der Waals surface area contributed by atoms with Crippen LogP contribution in [-0.4, -0.2) is 25.5 Å². The first kappa shape index (κ1) is 11.0. The number of esters is 1. The van der Waals surface area contributed by atoms with Crippen molar-refractivity contribution in [1.29, 1.82) is 0 Å². The van der Waals surface area contributed by atoms with Crippen LogP contribution in [0.1, 0.15) is 11.7 Å². The predicted octanol–water partition coefficient (Wildman–Crippen LogP) is 1.98. The molecule has 1 aliphatic heterocycles. The maximum absolute atomic E-state index is 11.5. The first-order chi connectivity index (χ1) is 7.74. The molecule has 0 aromatic heterocycles. The van der Waals surface area contributed by atoms with Crippen molar-refractivity contribution >= 4 is 24.0 Å². The van der Waals surface area contributed by atoms with E-state index in [2.05, 4.69) is 9.73 Å². The molecule has 0 fully saturated rings. The van der Waals surface area contributed by atoms with Crippen LogP contribution in [0.2, 0.25) is 5.02 Å². The van der Waals surface area contributed by atoms with Crippen molar-refractivity contribution in [2.75, 3.05) is 7.11 Å². The average molecular weight is 240 g/mol. The van der Waals surface area contributed by atoms with Crippen LogP contribution in [0.15, 0.2) is 29.3 Å². The molecule has 0 saturated heterocycles. The Kier molecular flexibility index (Phi) is 3.10. The molecule has 2 atom stereocenters. The number of carbonyl (C=O) groups excluding carboxylic acids is 1. The fourth-order valence-corrected chi connectivity index (χ4v) is 1.82. The summed E-state index contributed by atoms with van der Waals surface area (Å²) in [6.45, 7) is 0. The normalized spacial score (nSPS) is 22.9. The van der Waals surface area contributed by atoms with E-state index in [1.54, 1.807) is 12.1 Å². The first-order valence-electron chi connectivity index (χ1n) is 4.73. The number of hydrogen-bond acceptors (Lipinski definition) is 4. The second-order valence-corrected chi connectivity index (χ2v) is 3.71. The fourth-order valence-electron chi connectivity index (χ4n) is 1.57. The van der Waals surface area contributed by atoms with E-state index in [0.29, 0.717) is 5.02 Å². The van der Waals surface area contributed by atoms with E-state index in [0.717, 1.165) is 5.56 Å². The minimum atomic E-state index is -0.676. The van der Waals surface area contributed by atoms with Crippen molar-refractivity contribution in [3.05, 3.63) is 34.9 Å². The SMILES string of the molecule is COC(=O)[C@H]1N=CO[C@H]1c1ccccc1Cl. The number of methoxy groups -OCH3 is 1. The van der Waals surface area contributed by atoms with Gasteiger partial charge in [0.1, 0.15) is 0 Å². The smallest absolute Gasteiger partial charge is 0.334 e. The summed E-state index contributed by atoms with van der Waals surface area (Å²) in [5, 5.41) is 0.548. The zero-order valence-electron chi connectivity index (χ0n) is 8.59. The second-order valence-electron chi connectivity index (χ2n) is 3.30. The van der Waals surface area contributed by atoms with Crippen LogP contribution < -0.4 is 0 Å². The number of carbonyl (C=O) groups is 1. The third-order valence-corrected chi connectivity index (χ3v) is 2.71. The summed E-state index contributed by atoms with van der Waals surface area (Å²) in [7, 11) is 1.32. The highest BCUT2D eigenvalue weighted by Gasteiger charge is 2.35. The lowest BCUT2D eigenvalue weighted by Gasteiger charge is -2.16. The zero-order valence-corrected chi connectivity index (χ0v) is 9.35. The number of rotatable bonds is 2. The van der Waals surface area contributed by atoms with Crippen molar-refractivity contribution in [2.24, 2.45) is 4.99 Å². The highest BCUT2D eigenvalue weighted by molar-refractivity contribution is 6.31. The van der Waals surface area contributed by atoms with E-state index >= 15 is 0 Å². The molecule has 2 rings (SSSR count). The van der Waals surface area contributed by atoms with Gasteiger partial charge < -0.3 is 9.47 Å². The Bertz CT molecular complexity index is 433. The Labute approximate surface area is 97.8 Å². The molecule has 5 heteroatoms. The zero-order chi connectivity index (χ0) is 11.5. The first-order valence-corrected chi connectivity index (χ1v) is 5.11. The van der Waals surface area contributed by atoms with E-state index < -0.39 is 18.1 Å². The third-order valence-electron chi connectivity index (χ3n) is 2.37. The topological polar surface area (TPSA) is 47.9 Å². The van der Waals surface area contributed by atoms with Gasteiger partial charge in [0.15, 0.2) is 18.5 Å². The van der Waals surface area contributed by atoms with Crippen LogP contribution in [0.5, 0.6) is 0 Å². The van der Waals surface area contributed by atoms with Gasteiger partial charge in [-0.25, -0.2) is 9.79 Å². The summed E-state index contributed by atoms with van der Waals surface area (Å²) in [4.78, 5) is 15.4. The lowest BCUT2D eigenvalue weighted by Crippen LogP contribution is -2.25. The second kappa shape index (κ2) is 4.53. The fraction of sp³-hybridized carbons (Fsp3) is 0.273. The van der Waals surface area contributed by atoms with Gasteiger partial charge in [-0.3, -0.25) is 0 Å². The number of halogens is 1. The maximum atomic E-state index is 11.5. The van der Waals surface area contributed by atoms with Gasteiger partial charge >= 0.3 is 5.97 Å². The molecule has 0 radical (unpaired) electrons. The van der Waals surface area contributed by atoms with Gasteiger partial charge in [0.25, 0.3) is 0 Å². The monoisotopic (exact) mass is 239 g/mol. The third kappa shape index (κ3) is 1.88. The van der Waals surface area contributed by atoms with Gasteiger partial charge in [-0.2, -0.15) is 0 Å². The van der Waals surface area contributed by atoms with Crippen molar-refractivity contribution in [3.63, 3.8) is 0 Å². The van der Waals surface area contributed by atoms with Gasteiger partial charge in [-0.05, 0) is 6.07 Å². The highest BCUT2D eigenvalue weighted by atomic mass is 35.5. The summed E-state index contributed by atoms with van der Waals surface area (Å²) >= 11 is 6.03. The number of ether oxygens (including phenoxy) is 2. The van der Waals surface area contributed by atoms with Gasteiger partial charge in [0.05, 0.1) is 7.11 Å². The molecule has 16 heavy (non-hydrogen) atoms. The van der Waals surface area contributed by atoms with E-state index in [4.69, 9.17) is 16.3 Å². The van der Waals surface area contributed by atoms with Gasteiger partial charge in [-0.15, -0.1) is 0 Å². The van der Waals surface area contributed by atoms with Crippen LogP contribution in [0.3, 0.4) is 0 Å². The summed E-state index contributed by atoms with van der Waals surface area (Å²) in [5.41, 5.74) is 0.733. The molecule has 0 aliphatic carbocycles. The highest BCUT2D eigenvalue weighted by Crippen LogP contribution is 2.32. The standard InChI is InChI=1S/C11H10ClNO3/c1-15-11(14)9-10(16-6-13-9)7-4-2-3-5-8(7)12/h2-6,9-10H,1H3/t9-,10-/m0/s1. The number of aliphatic imine (C=N–C) groups is 1. The molecular weight excluding hydrogens is 230 g/mol. The predicted molar refractivity (Wildman–Crippen MR) is 59.6 cm³/mol. The minimum absolute atomic E-state index is 0.432. The molecule has 1 aromatic carbocycles. The quantitative estimate of drug-likeness (QED) is 0.742. The lowest BCUT2D eigenvalue weighted by molar-refractivity contribution is -0.143. The van der Waals surface area contributed by atoms with E-state index in [9.17, 15) is 4.79 Å². The van der Waals surface area contributed by atoms with Gasteiger partial charge in [0, 0.05) is 10.6 Å². The Morgan fingerprint density at radius 1 is 1.50 bits per heavy atom. The van der Waals surface area contributed by atoms with Crippen LogP contribution in [0, 0.1) is 0 Å². The summed E-state index contributed by atoms with van der Waals surface area (Å²) < 4.78 is 9.93.